The van der Waals surface area contributed by atoms with Crippen molar-refractivity contribution >= 4 is 11.3 Å². The second-order valence-corrected chi connectivity index (χ2v) is 5.97. The standard InChI is InChI=1S/C15H21N3O2S/c1-4-19-13-5-7-14(8-6-13)20-10-9-18(3)11-15-17-16-12(2)21-15/h5-8H,4,9-11H2,1-3H3. The van der Waals surface area contributed by atoms with E-state index in [-0.39, 0.29) is 0 Å². The zero-order chi connectivity index (χ0) is 15.1. The predicted molar refractivity (Wildman–Crippen MR) is 84.1 cm³/mol. The lowest BCUT2D eigenvalue weighted by Gasteiger charge is -2.15. The third-order valence-electron chi connectivity index (χ3n) is 2.85. The van der Waals surface area contributed by atoms with E-state index in [2.05, 4.69) is 22.1 Å². The Kier molecular flexibility index (Phi) is 5.95. The first-order chi connectivity index (χ1) is 10.2. The van der Waals surface area contributed by atoms with Crippen molar-refractivity contribution in [2.45, 2.75) is 20.4 Å². The molecule has 1 heterocycles. The fourth-order valence-electron chi connectivity index (χ4n) is 1.83. The van der Waals surface area contributed by atoms with Crippen molar-refractivity contribution in [3.05, 3.63) is 34.3 Å². The van der Waals surface area contributed by atoms with E-state index < -0.39 is 0 Å². The Morgan fingerprint density at radius 2 is 1.76 bits per heavy atom. The Labute approximate surface area is 129 Å². The molecule has 1 aromatic heterocycles. The molecule has 0 amide bonds. The van der Waals surface area contributed by atoms with Gasteiger partial charge >= 0.3 is 0 Å². The van der Waals surface area contributed by atoms with Crippen LogP contribution >= 0.6 is 11.3 Å². The van der Waals surface area contributed by atoms with Crippen LogP contribution in [0.2, 0.25) is 0 Å². The summed E-state index contributed by atoms with van der Waals surface area (Å²) in [5, 5.41) is 10.2. The Hall–Kier alpha value is -1.66. The summed E-state index contributed by atoms with van der Waals surface area (Å²) in [6, 6.07) is 7.71. The fraction of sp³-hybridized carbons (Fsp3) is 0.467. The summed E-state index contributed by atoms with van der Waals surface area (Å²) >= 11 is 1.63. The molecular weight excluding hydrogens is 286 g/mol. The molecule has 0 saturated carbocycles. The lowest BCUT2D eigenvalue weighted by Crippen LogP contribution is -2.23. The number of ether oxygens (including phenoxy) is 2. The monoisotopic (exact) mass is 307 g/mol. The lowest BCUT2D eigenvalue weighted by atomic mass is 10.3. The number of rotatable bonds is 8. The minimum atomic E-state index is 0.641. The number of benzene rings is 1. The SMILES string of the molecule is CCOc1ccc(OCCN(C)Cc2nnc(C)s2)cc1. The van der Waals surface area contributed by atoms with Crippen molar-refractivity contribution in [2.75, 3.05) is 26.8 Å². The summed E-state index contributed by atoms with van der Waals surface area (Å²) in [5.41, 5.74) is 0. The van der Waals surface area contributed by atoms with Crippen LogP contribution in [-0.4, -0.2) is 41.9 Å². The molecule has 0 spiro atoms. The molecule has 0 radical (unpaired) electrons. The summed E-state index contributed by atoms with van der Waals surface area (Å²) in [6.45, 7) is 6.90. The van der Waals surface area contributed by atoms with Crippen LogP contribution in [-0.2, 0) is 6.54 Å². The molecule has 6 heteroatoms. The maximum atomic E-state index is 5.72. The number of likely N-dealkylation sites (N-methyl/N-ethyl adjacent to an activating group) is 1. The van der Waals surface area contributed by atoms with Gasteiger partial charge in [-0.2, -0.15) is 0 Å². The van der Waals surface area contributed by atoms with Crippen LogP contribution in [0.15, 0.2) is 24.3 Å². The molecule has 0 saturated heterocycles. The van der Waals surface area contributed by atoms with E-state index in [9.17, 15) is 0 Å². The second kappa shape index (κ2) is 7.95. The highest BCUT2D eigenvalue weighted by Crippen LogP contribution is 2.17. The quantitative estimate of drug-likeness (QED) is 0.750. The highest BCUT2D eigenvalue weighted by molar-refractivity contribution is 7.11. The first-order valence-corrected chi connectivity index (χ1v) is 7.82. The van der Waals surface area contributed by atoms with Crippen LogP contribution in [0.4, 0.5) is 0 Å². The minimum Gasteiger partial charge on any atom is -0.494 e. The molecule has 0 unspecified atom stereocenters. The summed E-state index contributed by atoms with van der Waals surface area (Å²) < 4.78 is 11.1. The minimum absolute atomic E-state index is 0.641. The van der Waals surface area contributed by atoms with Gasteiger partial charge in [0, 0.05) is 6.54 Å². The van der Waals surface area contributed by atoms with Crippen molar-refractivity contribution < 1.29 is 9.47 Å². The average molecular weight is 307 g/mol. The van der Waals surface area contributed by atoms with Crippen LogP contribution in [0.5, 0.6) is 11.5 Å². The largest absolute Gasteiger partial charge is 0.494 e. The molecule has 5 nitrogen and oxygen atoms in total. The Morgan fingerprint density at radius 3 is 2.33 bits per heavy atom. The fourth-order valence-corrected chi connectivity index (χ4v) is 2.62. The molecule has 0 aliphatic carbocycles. The highest BCUT2D eigenvalue weighted by Gasteiger charge is 2.05. The average Bonchev–Trinajstić information content (AvgIpc) is 2.86. The number of aryl methyl sites for hydroxylation is 1. The summed E-state index contributed by atoms with van der Waals surface area (Å²) in [5.74, 6) is 1.73. The third kappa shape index (κ3) is 5.32. The molecule has 0 atom stereocenters. The zero-order valence-corrected chi connectivity index (χ0v) is 13.5. The van der Waals surface area contributed by atoms with Gasteiger partial charge in [0.1, 0.15) is 28.1 Å². The second-order valence-electron chi connectivity index (χ2n) is 4.71. The lowest BCUT2D eigenvalue weighted by molar-refractivity contribution is 0.232. The van der Waals surface area contributed by atoms with Crippen LogP contribution < -0.4 is 9.47 Å². The van der Waals surface area contributed by atoms with E-state index in [4.69, 9.17) is 9.47 Å². The molecule has 2 aromatic rings. The Morgan fingerprint density at radius 1 is 1.10 bits per heavy atom. The van der Waals surface area contributed by atoms with Crippen molar-refractivity contribution in [1.29, 1.82) is 0 Å². The number of nitrogens with zero attached hydrogens (tertiary/aromatic N) is 3. The van der Waals surface area contributed by atoms with E-state index in [1.165, 1.54) is 0 Å². The first-order valence-electron chi connectivity index (χ1n) is 7.00. The van der Waals surface area contributed by atoms with Crippen molar-refractivity contribution in [2.24, 2.45) is 0 Å². The van der Waals surface area contributed by atoms with Gasteiger partial charge in [-0.25, -0.2) is 0 Å². The van der Waals surface area contributed by atoms with E-state index in [0.29, 0.717) is 13.2 Å². The van der Waals surface area contributed by atoms with E-state index >= 15 is 0 Å². The van der Waals surface area contributed by atoms with Gasteiger partial charge in [0.2, 0.25) is 0 Å². The maximum Gasteiger partial charge on any atom is 0.131 e. The first kappa shape index (κ1) is 15.7. The van der Waals surface area contributed by atoms with Crippen LogP contribution in [0, 0.1) is 6.92 Å². The Balaban J connectivity index is 1.70. The molecule has 0 N–H and O–H groups in total. The van der Waals surface area contributed by atoms with E-state index in [0.717, 1.165) is 34.6 Å². The summed E-state index contributed by atoms with van der Waals surface area (Å²) in [6.07, 6.45) is 0. The van der Waals surface area contributed by atoms with Crippen molar-refractivity contribution in [3.8, 4) is 11.5 Å². The van der Waals surface area contributed by atoms with Gasteiger partial charge in [0.25, 0.3) is 0 Å². The molecule has 2 rings (SSSR count). The number of hydrogen-bond donors (Lipinski definition) is 0. The maximum absolute atomic E-state index is 5.72. The molecule has 0 fully saturated rings. The van der Waals surface area contributed by atoms with Crippen LogP contribution in [0.3, 0.4) is 0 Å². The van der Waals surface area contributed by atoms with Gasteiger partial charge in [0.05, 0.1) is 13.2 Å². The number of aromatic nitrogens is 2. The van der Waals surface area contributed by atoms with Gasteiger partial charge < -0.3 is 9.47 Å². The normalized spacial score (nSPS) is 10.9. The van der Waals surface area contributed by atoms with Gasteiger partial charge in [-0.1, -0.05) is 0 Å². The molecule has 0 aliphatic rings. The number of hydrogen-bond acceptors (Lipinski definition) is 6. The van der Waals surface area contributed by atoms with Gasteiger partial charge in [-0.05, 0) is 45.2 Å². The smallest absolute Gasteiger partial charge is 0.131 e. The van der Waals surface area contributed by atoms with Crippen molar-refractivity contribution in [1.82, 2.24) is 15.1 Å². The topological polar surface area (TPSA) is 47.5 Å². The Bertz CT molecular complexity index is 542. The van der Waals surface area contributed by atoms with E-state index in [1.54, 1.807) is 11.3 Å². The van der Waals surface area contributed by atoms with Crippen LogP contribution in [0.25, 0.3) is 0 Å². The molecule has 0 aliphatic heterocycles. The third-order valence-corrected chi connectivity index (χ3v) is 3.67. The van der Waals surface area contributed by atoms with Gasteiger partial charge in [0.15, 0.2) is 0 Å². The molecular formula is C15H21N3O2S. The predicted octanol–water partition coefficient (Wildman–Crippen LogP) is 2.76. The zero-order valence-electron chi connectivity index (χ0n) is 12.7. The molecule has 114 valence electrons. The van der Waals surface area contributed by atoms with E-state index in [1.807, 2.05) is 38.1 Å². The molecule has 0 bridgehead atoms. The van der Waals surface area contributed by atoms with Gasteiger partial charge in [-0.3, -0.25) is 4.90 Å². The van der Waals surface area contributed by atoms with Crippen LogP contribution in [0.1, 0.15) is 16.9 Å². The molecule has 1 aromatic carbocycles. The van der Waals surface area contributed by atoms with Gasteiger partial charge in [-0.15, -0.1) is 21.5 Å². The summed E-state index contributed by atoms with van der Waals surface area (Å²) in [7, 11) is 2.05. The highest BCUT2D eigenvalue weighted by atomic mass is 32.1. The summed E-state index contributed by atoms with van der Waals surface area (Å²) in [4.78, 5) is 2.18. The molecule has 21 heavy (non-hydrogen) atoms. The van der Waals surface area contributed by atoms with Crippen molar-refractivity contribution in [3.63, 3.8) is 0 Å².